The fourth-order valence-electron chi connectivity index (χ4n) is 0.493. The Labute approximate surface area is 74.5 Å². The lowest BCUT2D eigenvalue weighted by Crippen LogP contribution is -1.98. The van der Waals surface area contributed by atoms with Gasteiger partial charge in [0.15, 0.2) is 0 Å². The van der Waals surface area contributed by atoms with Gasteiger partial charge in [-0.2, -0.15) is 0 Å². The van der Waals surface area contributed by atoms with Crippen LogP contribution < -0.4 is 0 Å². The van der Waals surface area contributed by atoms with E-state index in [4.69, 9.17) is 25.2 Å². The van der Waals surface area contributed by atoms with Crippen molar-refractivity contribution in [1.82, 2.24) is 0 Å². The lowest BCUT2D eigenvalue weighted by Gasteiger charge is -1.89. The number of benzene rings is 1. The van der Waals surface area contributed by atoms with Gasteiger partial charge in [-0.05, 0) is 12.1 Å². The van der Waals surface area contributed by atoms with Crippen molar-refractivity contribution in [2.75, 3.05) is 6.61 Å². The maximum atomic E-state index is 9.12. The van der Waals surface area contributed by atoms with Gasteiger partial charge in [-0.15, -0.1) is 0 Å². The van der Waals surface area contributed by atoms with Crippen LogP contribution in [-0.2, 0) is 4.79 Å². The highest BCUT2D eigenvalue weighted by atomic mass is 16.4. The lowest BCUT2D eigenvalue weighted by atomic mass is 10.3. The van der Waals surface area contributed by atoms with Crippen LogP contribution in [0.25, 0.3) is 0 Å². The molecule has 0 aromatic heterocycles. The van der Waals surface area contributed by atoms with Gasteiger partial charge in [0.1, 0.15) is 18.1 Å². The number of carboxylic acids is 1. The van der Waals surface area contributed by atoms with Gasteiger partial charge in [0.2, 0.25) is 0 Å². The van der Waals surface area contributed by atoms with Crippen molar-refractivity contribution in [2.24, 2.45) is 0 Å². The number of hydrogen-bond acceptors (Lipinski definition) is 4. The summed E-state index contributed by atoms with van der Waals surface area (Å²) in [6, 6.07) is 5.85. The monoisotopic (exact) mass is 186 g/mol. The molecule has 0 saturated heterocycles. The zero-order valence-corrected chi connectivity index (χ0v) is 6.71. The van der Waals surface area contributed by atoms with Crippen LogP contribution in [0.2, 0.25) is 0 Å². The number of aliphatic hydroxyl groups excluding tert-OH is 1. The number of aromatic hydroxyl groups is 2. The van der Waals surface area contributed by atoms with E-state index in [0.717, 1.165) is 0 Å². The average molecular weight is 186 g/mol. The van der Waals surface area contributed by atoms with Crippen molar-refractivity contribution in [2.45, 2.75) is 0 Å². The molecule has 4 N–H and O–H groups in total. The first-order valence-corrected chi connectivity index (χ1v) is 3.37. The Hall–Kier alpha value is -1.75. The van der Waals surface area contributed by atoms with Gasteiger partial charge in [0.25, 0.3) is 0 Å². The van der Waals surface area contributed by atoms with Crippen molar-refractivity contribution in [3.05, 3.63) is 24.3 Å². The minimum Gasteiger partial charge on any atom is -0.508 e. The smallest absolute Gasteiger partial charge is 0.329 e. The molecule has 5 nitrogen and oxygen atoms in total. The van der Waals surface area contributed by atoms with Crippen molar-refractivity contribution >= 4 is 5.97 Å². The first kappa shape index (κ1) is 11.2. The SMILES string of the molecule is O=C(O)CO.Oc1cccc(O)c1. The Kier molecular flexibility index (Phi) is 5.06. The standard InChI is InChI=1S/C6H6O2.C2H4O3/c7-5-2-1-3-6(8)4-5;3-1-2(4)5/h1-4,7-8H;3H,1H2,(H,4,5). The molecule has 1 aromatic carbocycles. The molecule has 0 amide bonds. The summed E-state index contributed by atoms with van der Waals surface area (Å²) < 4.78 is 0. The molecular formula is C8H10O5. The highest BCUT2D eigenvalue weighted by Gasteiger charge is 1.85. The molecule has 0 aliphatic rings. The van der Waals surface area contributed by atoms with Gasteiger partial charge in [-0.1, -0.05) is 6.07 Å². The summed E-state index contributed by atoms with van der Waals surface area (Å²) >= 11 is 0. The van der Waals surface area contributed by atoms with Crippen LogP contribution in [0.15, 0.2) is 24.3 Å². The summed E-state index contributed by atoms with van der Waals surface area (Å²) in [5.41, 5.74) is 0. The van der Waals surface area contributed by atoms with Gasteiger partial charge < -0.3 is 20.4 Å². The van der Waals surface area contributed by atoms with Gasteiger partial charge in [-0.25, -0.2) is 4.79 Å². The van der Waals surface area contributed by atoms with Crippen molar-refractivity contribution < 1.29 is 25.2 Å². The molecule has 1 rings (SSSR count). The molecule has 0 saturated carbocycles. The van der Waals surface area contributed by atoms with Gasteiger partial charge in [-0.3, -0.25) is 0 Å². The van der Waals surface area contributed by atoms with Crippen LogP contribution in [0.1, 0.15) is 0 Å². The van der Waals surface area contributed by atoms with E-state index in [2.05, 4.69) is 0 Å². The van der Waals surface area contributed by atoms with Crippen LogP contribution in [0.5, 0.6) is 11.5 Å². The van der Waals surface area contributed by atoms with Crippen LogP contribution in [0.4, 0.5) is 0 Å². The number of phenolic OH excluding ortho intramolecular Hbond substituents is 2. The van der Waals surface area contributed by atoms with Crippen LogP contribution in [-0.4, -0.2) is 33.0 Å². The second kappa shape index (κ2) is 5.84. The number of carbonyl (C=O) groups is 1. The molecule has 0 atom stereocenters. The van der Waals surface area contributed by atoms with Crippen LogP contribution in [0, 0.1) is 0 Å². The quantitative estimate of drug-likeness (QED) is 0.501. The first-order valence-electron chi connectivity index (χ1n) is 3.37. The molecule has 0 aliphatic heterocycles. The molecule has 1 aromatic rings. The number of rotatable bonds is 1. The Morgan fingerprint density at radius 3 is 1.77 bits per heavy atom. The Bertz CT molecular complexity index is 254. The Morgan fingerprint density at radius 1 is 1.23 bits per heavy atom. The molecular weight excluding hydrogens is 176 g/mol. The summed E-state index contributed by atoms with van der Waals surface area (Å²) in [6.45, 7) is -0.778. The second-order valence-electron chi connectivity index (χ2n) is 2.07. The lowest BCUT2D eigenvalue weighted by molar-refractivity contribution is -0.140. The predicted octanol–water partition coefficient (Wildman–Crippen LogP) is 0.161. The molecule has 0 fully saturated rings. The Balaban J connectivity index is 0.000000252. The van der Waals surface area contributed by atoms with Gasteiger partial charge in [0, 0.05) is 6.07 Å². The van der Waals surface area contributed by atoms with E-state index in [1.54, 1.807) is 6.07 Å². The molecule has 5 heteroatoms. The highest BCUT2D eigenvalue weighted by molar-refractivity contribution is 5.67. The molecule has 0 unspecified atom stereocenters. The van der Waals surface area contributed by atoms with E-state index in [1.807, 2.05) is 0 Å². The second-order valence-corrected chi connectivity index (χ2v) is 2.07. The largest absolute Gasteiger partial charge is 0.508 e. The molecule has 13 heavy (non-hydrogen) atoms. The molecule has 0 heterocycles. The number of carboxylic acid groups (broad SMARTS) is 1. The third-order valence-corrected chi connectivity index (χ3v) is 0.965. The third-order valence-electron chi connectivity index (χ3n) is 0.965. The van der Waals surface area contributed by atoms with E-state index in [1.165, 1.54) is 18.2 Å². The maximum absolute atomic E-state index is 9.12. The van der Waals surface area contributed by atoms with E-state index < -0.39 is 12.6 Å². The third kappa shape index (κ3) is 6.64. The molecule has 0 radical (unpaired) electrons. The van der Waals surface area contributed by atoms with Crippen LogP contribution in [0.3, 0.4) is 0 Å². The Morgan fingerprint density at radius 2 is 1.62 bits per heavy atom. The molecule has 0 bridgehead atoms. The topological polar surface area (TPSA) is 98.0 Å². The van der Waals surface area contributed by atoms with Crippen molar-refractivity contribution in [3.8, 4) is 11.5 Å². The number of phenols is 2. The summed E-state index contributed by atoms with van der Waals surface area (Å²) in [4.78, 5) is 9.12. The van der Waals surface area contributed by atoms with E-state index in [9.17, 15) is 0 Å². The number of hydrogen-bond donors (Lipinski definition) is 4. The minimum absolute atomic E-state index is 0.0880. The highest BCUT2D eigenvalue weighted by Crippen LogP contribution is 2.14. The van der Waals surface area contributed by atoms with Gasteiger partial charge in [0.05, 0.1) is 0 Å². The number of aliphatic hydroxyl groups is 1. The fourth-order valence-corrected chi connectivity index (χ4v) is 0.493. The molecule has 72 valence electrons. The van der Waals surface area contributed by atoms with Gasteiger partial charge >= 0.3 is 5.97 Å². The average Bonchev–Trinajstić information content (AvgIpc) is 2.05. The van der Waals surface area contributed by atoms with Crippen molar-refractivity contribution in [1.29, 1.82) is 0 Å². The summed E-state index contributed by atoms with van der Waals surface area (Å²) in [7, 11) is 0. The molecule has 0 spiro atoms. The van der Waals surface area contributed by atoms with Crippen molar-refractivity contribution in [3.63, 3.8) is 0 Å². The molecule has 0 aliphatic carbocycles. The first-order chi connectivity index (χ1) is 6.06. The zero-order valence-electron chi connectivity index (χ0n) is 6.71. The summed E-state index contributed by atoms with van der Waals surface area (Å²) in [5.74, 6) is -1.01. The minimum atomic E-state index is -1.19. The maximum Gasteiger partial charge on any atom is 0.329 e. The normalized spacial score (nSPS) is 8.38. The zero-order chi connectivity index (χ0) is 10.3. The van der Waals surface area contributed by atoms with Crippen LogP contribution >= 0.6 is 0 Å². The summed E-state index contributed by atoms with van der Waals surface area (Å²) in [6.07, 6.45) is 0. The van der Waals surface area contributed by atoms with E-state index in [-0.39, 0.29) is 11.5 Å². The number of aliphatic carboxylic acids is 1. The summed E-state index contributed by atoms with van der Waals surface area (Å²) in [5, 5.41) is 32.3. The fraction of sp³-hybridized carbons (Fsp3) is 0.125. The van der Waals surface area contributed by atoms with E-state index in [0.29, 0.717) is 0 Å². The predicted molar refractivity (Wildman–Crippen MR) is 44.5 cm³/mol. The van der Waals surface area contributed by atoms with E-state index >= 15 is 0 Å².